The van der Waals surface area contributed by atoms with Crippen molar-refractivity contribution in [2.75, 3.05) is 45.1 Å². The van der Waals surface area contributed by atoms with Gasteiger partial charge in [-0.05, 0) is 25.1 Å². The van der Waals surface area contributed by atoms with Gasteiger partial charge in [0.25, 0.3) is 5.91 Å². The number of carbonyl (C=O) groups excluding carboxylic acids is 1. The van der Waals surface area contributed by atoms with E-state index in [0.717, 1.165) is 55.5 Å². The van der Waals surface area contributed by atoms with Crippen LogP contribution in [-0.2, 0) is 4.74 Å². The van der Waals surface area contributed by atoms with Gasteiger partial charge in [0.15, 0.2) is 0 Å². The Kier molecular flexibility index (Phi) is 7.49. The molecule has 0 aromatic heterocycles. The minimum absolute atomic E-state index is 0.00846. The molecule has 1 aromatic rings. The van der Waals surface area contributed by atoms with Crippen LogP contribution in [-0.4, -0.2) is 56.0 Å². The van der Waals surface area contributed by atoms with E-state index < -0.39 is 0 Å². The molecular formula is C17H24N2O2S. The van der Waals surface area contributed by atoms with Gasteiger partial charge in [-0.15, -0.1) is 18.3 Å². The minimum Gasteiger partial charge on any atom is -0.379 e. The molecule has 1 aliphatic rings. The molecule has 0 atom stereocenters. The average molecular weight is 320 g/mol. The van der Waals surface area contributed by atoms with E-state index in [-0.39, 0.29) is 5.91 Å². The molecule has 1 aliphatic heterocycles. The molecule has 1 saturated heterocycles. The third kappa shape index (κ3) is 5.48. The van der Waals surface area contributed by atoms with E-state index in [1.54, 1.807) is 11.8 Å². The number of benzene rings is 1. The van der Waals surface area contributed by atoms with Gasteiger partial charge in [0, 0.05) is 30.3 Å². The summed E-state index contributed by atoms with van der Waals surface area (Å²) in [7, 11) is 0. The Morgan fingerprint density at radius 1 is 1.36 bits per heavy atom. The van der Waals surface area contributed by atoms with Gasteiger partial charge < -0.3 is 10.1 Å². The quantitative estimate of drug-likeness (QED) is 0.454. The first-order valence-electron chi connectivity index (χ1n) is 7.72. The van der Waals surface area contributed by atoms with Gasteiger partial charge in [-0.1, -0.05) is 18.2 Å². The molecule has 0 bridgehead atoms. The van der Waals surface area contributed by atoms with Crippen molar-refractivity contribution in [1.29, 1.82) is 0 Å². The van der Waals surface area contributed by atoms with Crippen LogP contribution in [0.4, 0.5) is 0 Å². The fraction of sp³-hybridized carbons (Fsp3) is 0.471. The normalized spacial score (nSPS) is 15.5. The van der Waals surface area contributed by atoms with Crippen molar-refractivity contribution >= 4 is 17.7 Å². The van der Waals surface area contributed by atoms with Crippen LogP contribution >= 0.6 is 11.8 Å². The maximum atomic E-state index is 12.3. The Bertz CT molecular complexity index is 487. The third-order valence-electron chi connectivity index (χ3n) is 3.53. The van der Waals surface area contributed by atoms with Crippen LogP contribution in [0.1, 0.15) is 16.8 Å². The third-order valence-corrected chi connectivity index (χ3v) is 4.60. The lowest BCUT2D eigenvalue weighted by Gasteiger charge is -2.26. The lowest BCUT2D eigenvalue weighted by Crippen LogP contribution is -2.38. The van der Waals surface area contributed by atoms with Gasteiger partial charge in [0.1, 0.15) is 0 Å². The minimum atomic E-state index is 0.00846. The van der Waals surface area contributed by atoms with E-state index in [1.165, 1.54) is 0 Å². The number of ether oxygens (including phenoxy) is 1. The number of carbonyl (C=O) groups is 1. The molecule has 0 saturated carbocycles. The van der Waals surface area contributed by atoms with E-state index in [1.807, 2.05) is 30.3 Å². The van der Waals surface area contributed by atoms with Crippen LogP contribution in [0, 0.1) is 0 Å². The first kappa shape index (κ1) is 17.1. The van der Waals surface area contributed by atoms with Gasteiger partial charge in [-0.3, -0.25) is 9.69 Å². The predicted octanol–water partition coefficient (Wildman–Crippen LogP) is 2.42. The van der Waals surface area contributed by atoms with E-state index in [2.05, 4.69) is 16.8 Å². The number of amides is 1. The molecule has 5 heteroatoms. The Balaban J connectivity index is 1.75. The van der Waals surface area contributed by atoms with Gasteiger partial charge in [-0.25, -0.2) is 0 Å². The summed E-state index contributed by atoms with van der Waals surface area (Å²) in [6, 6.07) is 7.72. The zero-order valence-electron chi connectivity index (χ0n) is 12.9. The standard InChI is InChI=1S/C17H24N2O2S/c1-2-14-22-16-7-4-3-6-15(16)17(20)18-8-5-9-19-10-12-21-13-11-19/h2-4,6-7H,1,5,8-14H2,(H,18,20). The molecule has 22 heavy (non-hydrogen) atoms. The van der Waals surface area contributed by atoms with Crippen molar-refractivity contribution < 1.29 is 9.53 Å². The lowest BCUT2D eigenvalue weighted by molar-refractivity contribution is 0.0374. The predicted molar refractivity (Wildman–Crippen MR) is 91.6 cm³/mol. The average Bonchev–Trinajstić information content (AvgIpc) is 2.58. The monoisotopic (exact) mass is 320 g/mol. The van der Waals surface area contributed by atoms with Gasteiger partial charge in [0.2, 0.25) is 0 Å². The van der Waals surface area contributed by atoms with Crippen molar-refractivity contribution in [2.24, 2.45) is 0 Å². The number of thioether (sulfide) groups is 1. The van der Waals surface area contributed by atoms with Crippen molar-refractivity contribution in [3.8, 4) is 0 Å². The van der Waals surface area contributed by atoms with E-state index in [0.29, 0.717) is 6.54 Å². The van der Waals surface area contributed by atoms with Crippen LogP contribution < -0.4 is 5.32 Å². The molecule has 2 rings (SSSR count). The molecule has 0 radical (unpaired) electrons. The van der Waals surface area contributed by atoms with Crippen LogP contribution in [0.2, 0.25) is 0 Å². The highest BCUT2D eigenvalue weighted by molar-refractivity contribution is 7.99. The number of rotatable bonds is 8. The molecule has 1 N–H and O–H groups in total. The zero-order chi connectivity index (χ0) is 15.6. The highest BCUT2D eigenvalue weighted by atomic mass is 32.2. The summed E-state index contributed by atoms with van der Waals surface area (Å²) in [5.41, 5.74) is 0.751. The van der Waals surface area contributed by atoms with Crippen molar-refractivity contribution in [2.45, 2.75) is 11.3 Å². The van der Waals surface area contributed by atoms with Crippen molar-refractivity contribution in [3.05, 3.63) is 42.5 Å². The SMILES string of the molecule is C=CCSc1ccccc1C(=O)NCCCN1CCOCC1. The number of nitrogens with zero attached hydrogens (tertiary/aromatic N) is 1. The van der Waals surface area contributed by atoms with E-state index >= 15 is 0 Å². The fourth-order valence-electron chi connectivity index (χ4n) is 2.35. The Morgan fingerprint density at radius 2 is 2.14 bits per heavy atom. The topological polar surface area (TPSA) is 41.6 Å². The molecule has 1 amide bonds. The van der Waals surface area contributed by atoms with Gasteiger partial charge in [0.05, 0.1) is 18.8 Å². The zero-order valence-corrected chi connectivity index (χ0v) is 13.7. The van der Waals surface area contributed by atoms with E-state index in [9.17, 15) is 4.79 Å². The second-order valence-electron chi connectivity index (χ2n) is 5.16. The lowest BCUT2D eigenvalue weighted by atomic mass is 10.2. The summed E-state index contributed by atoms with van der Waals surface area (Å²) in [6.07, 6.45) is 2.81. The molecule has 0 spiro atoms. The first-order chi connectivity index (χ1) is 10.8. The van der Waals surface area contributed by atoms with E-state index in [4.69, 9.17) is 4.74 Å². The highest BCUT2D eigenvalue weighted by Crippen LogP contribution is 2.22. The number of hydrogen-bond acceptors (Lipinski definition) is 4. The molecule has 0 unspecified atom stereocenters. The summed E-state index contributed by atoms with van der Waals surface area (Å²) >= 11 is 1.64. The summed E-state index contributed by atoms with van der Waals surface area (Å²) < 4.78 is 5.33. The number of morpholine rings is 1. The van der Waals surface area contributed by atoms with Gasteiger partial charge >= 0.3 is 0 Å². The Hall–Kier alpha value is -1.30. The maximum Gasteiger partial charge on any atom is 0.252 e. The maximum absolute atomic E-state index is 12.3. The molecule has 1 heterocycles. The summed E-state index contributed by atoms with van der Waals surface area (Å²) in [5, 5.41) is 3.02. The number of nitrogens with one attached hydrogen (secondary N) is 1. The largest absolute Gasteiger partial charge is 0.379 e. The molecule has 0 aliphatic carbocycles. The summed E-state index contributed by atoms with van der Waals surface area (Å²) in [4.78, 5) is 15.7. The smallest absolute Gasteiger partial charge is 0.252 e. The second-order valence-corrected chi connectivity index (χ2v) is 6.22. The van der Waals surface area contributed by atoms with Crippen LogP contribution in [0.25, 0.3) is 0 Å². The fourth-order valence-corrected chi connectivity index (χ4v) is 3.14. The Labute approximate surface area is 136 Å². The molecular weight excluding hydrogens is 296 g/mol. The molecule has 1 aromatic carbocycles. The Morgan fingerprint density at radius 3 is 2.91 bits per heavy atom. The van der Waals surface area contributed by atoms with Crippen LogP contribution in [0.5, 0.6) is 0 Å². The molecule has 120 valence electrons. The van der Waals surface area contributed by atoms with Crippen LogP contribution in [0.15, 0.2) is 41.8 Å². The molecule has 4 nitrogen and oxygen atoms in total. The van der Waals surface area contributed by atoms with Crippen molar-refractivity contribution in [1.82, 2.24) is 10.2 Å². The number of hydrogen-bond donors (Lipinski definition) is 1. The van der Waals surface area contributed by atoms with Crippen molar-refractivity contribution in [3.63, 3.8) is 0 Å². The summed E-state index contributed by atoms with van der Waals surface area (Å²) in [5.74, 6) is 0.815. The van der Waals surface area contributed by atoms with Crippen LogP contribution in [0.3, 0.4) is 0 Å². The highest BCUT2D eigenvalue weighted by Gasteiger charge is 2.12. The second kappa shape index (κ2) is 9.66. The summed E-state index contributed by atoms with van der Waals surface area (Å²) in [6.45, 7) is 9.07. The first-order valence-corrected chi connectivity index (χ1v) is 8.71. The van der Waals surface area contributed by atoms with Gasteiger partial charge in [-0.2, -0.15) is 0 Å². The molecule has 1 fully saturated rings.